The largest absolute Gasteiger partial charge is 0.459 e. The molecule has 2 amide bonds. The summed E-state index contributed by atoms with van der Waals surface area (Å²) >= 11 is 1.57. The minimum Gasteiger partial charge on any atom is -0.459 e. The lowest BCUT2D eigenvalue weighted by atomic mass is 10.00. The van der Waals surface area contributed by atoms with Crippen LogP contribution in [0.5, 0.6) is 0 Å². The molecule has 1 saturated heterocycles. The van der Waals surface area contributed by atoms with Gasteiger partial charge in [-0.3, -0.25) is 14.5 Å². The van der Waals surface area contributed by atoms with Gasteiger partial charge in [-0.2, -0.15) is 0 Å². The number of carbonyl (C=O) groups is 2. The predicted octanol–water partition coefficient (Wildman–Crippen LogP) is 5.43. The first kappa shape index (κ1) is 19.3. The highest BCUT2D eigenvalue weighted by Crippen LogP contribution is 2.46. The molecule has 3 aromatic rings. The maximum absolute atomic E-state index is 12.9. The van der Waals surface area contributed by atoms with E-state index in [9.17, 15) is 9.59 Å². The number of rotatable bonds is 5. The molecule has 1 fully saturated rings. The number of hydrogen-bond donors (Lipinski definition) is 1. The third-order valence-corrected chi connectivity index (χ3v) is 6.10. The SMILES string of the molecule is CC(C)c1ccccc1N1C(=O)CS[C@@H]1c1ccccc1NC(=O)c1ccco1. The van der Waals surface area contributed by atoms with E-state index >= 15 is 0 Å². The van der Waals surface area contributed by atoms with Gasteiger partial charge in [0.05, 0.1) is 12.0 Å². The van der Waals surface area contributed by atoms with E-state index in [1.807, 2.05) is 47.4 Å². The van der Waals surface area contributed by atoms with Crippen LogP contribution in [0.15, 0.2) is 71.3 Å². The predicted molar refractivity (Wildman–Crippen MR) is 116 cm³/mol. The molecule has 0 radical (unpaired) electrons. The number of nitrogens with one attached hydrogen (secondary N) is 1. The fraction of sp³-hybridized carbons (Fsp3) is 0.217. The summed E-state index contributed by atoms with van der Waals surface area (Å²) in [5.74, 6) is 0.694. The Labute approximate surface area is 174 Å². The zero-order valence-corrected chi connectivity index (χ0v) is 17.1. The highest BCUT2D eigenvalue weighted by atomic mass is 32.2. The Morgan fingerprint density at radius 3 is 2.62 bits per heavy atom. The summed E-state index contributed by atoms with van der Waals surface area (Å²) in [5.41, 5.74) is 3.62. The zero-order chi connectivity index (χ0) is 20.4. The smallest absolute Gasteiger partial charge is 0.291 e. The lowest BCUT2D eigenvalue weighted by Gasteiger charge is -2.28. The molecule has 0 bridgehead atoms. The Bertz CT molecular complexity index is 1030. The van der Waals surface area contributed by atoms with Crippen molar-refractivity contribution in [2.45, 2.75) is 25.1 Å². The van der Waals surface area contributed by atoms with Crippen molar-refractivity contribution in [3.63, 3.8) is 0 Å². The molecule has 0 saturated carbocycles. The molecule has 0 aliphatic carbocycles. The van der Waals surface area contributed by atoms with Gasteiger partial charge >= 0.3 is 0 Å². The normalized spacial score (nSPS) is 16.4. The summed E-state index contributed by atoms with van der Waals surface area (Å²) in [7, 11) is 0. The quantitative estimate of drug-likeness (QED) is 0.613. The maximum Gasteiger partial charge on any atom is 0.291 e. The number of benzene rings is 2. The van der Waals surface area contributed by atoms with Crippen molar-refractivity contribution in [1.29, 1.82) is 0 Å². The van der Waals surface area contributed by atoms with E-state index in [0.717, 1.165) is 16.8 Å². The maximum atomic E-state index is 12.9. The van der Waals surface area contributed by atoms with E-state index in [1.165, 1.54) is 6.26 Å². The molecule has 2 heterocycles. The van der Waals surface area contributed by atoms with Crippen LogP contribution in [0.2, 0.25) is 0 Å². The molecule has 2 aromatic carbocycles. The number of amides is 2. The van der Waals surface area contributed by atoms with Crippen molar-refractivity contribution in [3.8, 4) is 0 Å². The second kappa shape index (κ2) is 8.17. The second-order valence-electron chi connectivity index (χ2n) is 7.16. The van der Waals surface area contributed by atoms with E-state index in [1.54, 1.807) is 23.9 Å². The van der Waals surface area contributed by atoms with Crippen LogP contribution in [-0.4, -0.2) is 17.6 Å². The minimum atomic E-state index is -0.314. The monoisotopic (exact) mass is 406 g/mol. The minimum absolute atomic E-state index is 0.0697. The molecule has 6 heteroatoms. The molecule has 0 unspecified atom stereocenters. The molecule has 1 aliphatic heterocycles. The number of carbonyl (C=O) groups excluding carboxylic acids is 2. The van der Waals surface area contributed by atoms with Gasteiger partial charge in [0.1, 0.15) is 5.37 Å². The molecule has 0 spiro atoms. The average Bonchev–Trinajstić information content (AvgIpc) is 3.38. The van der Waals surface area contributed by atoms with E-state index in [0.29, 0.717) is 17.4 Å². The van der Waals surface area contributed by atoms with Gasteiger partial charge in [-0.25, -0.2) is 0 Å². The Kier molecular flexibility index (Phi) is 5.45. The summed E-state index contributed by atoms with van der Waals surface area (Å²) in [6.07, 6.45) is 1.47. The van der Waals surface area contributed by atoms with Crippen LogP contribution in [0.25, 0.3) is 0 Å². The highest BCUT2D eigenvalue weighted by molar-refractivity contribution is 8.00. The van der Waals surface area contributed by atoms with Crippen LogP contribution in [0.4, 0.5) is 11.4 Å². The van der Waals surface area contributed by atoms with Gasteiger partial charge < -0.3 is 9.73 Å². The first-order valence-electron chi connectivity index (χ1n) is 9.52. The van der Waals surface area contributed by atoms with E-state index in [2.05, 4.69) is 25.2 Å². The van der Waals surface area contributed by atoms with Crippen molar-refractivity contribution in [2.75, 3.05) is 16.0 Å². The van der Waals surface area contributed by atoms with Gasteiger partial charge in [-0.05, 0) is 35.7 Å². The standard InChI is InChI=1S/C23H22N2O3S/c1-15(2)16-8-4-6-11-19(16)25-21(26)14-29-23(25)17-9-3-5-10-18(17)24-22(27)20-12-7-13-28-20/h3-13,15,23H,14H2,1-2H3,(H,24,27)/t23-/m1/s1. The molecule has 5 nitrogen and oxygen atoms in total. The number of furan rings is 1. The van der Waals surface area contributed by atoms with Gasteiger partial charge in [0.15, 0.2) is 5.76 Å². The van der Waals surface area contributed by atoms with E-state index in [-0.39, 0.29) is 22.9 Å². The highest BCUT2D eigenvalue weighted by Gasteiger charge is 2.36. The Hall–Kier alpha value is -2.99. The third-order valence-electron chi connectivity index (χ3n) is 4.91. The molecule has 148 valence electrons. The van der Waals surface area contributed by atoms with Crippen LogP contribution in [0, 0.1) is 0 Å². The Morgan fingerprint density at radius 1 is 1.10 bits per heavy atom. The summed E-state index contributed by atoms with van der Waals surface area (Å²) < 4.78 is 5.20. The van der Waals surface area contributed by atoms with Crippen LogP contribution >= 0.6 is 11.8 Å². The molecule has 1 aliphatic rings. The fourth-order valence-corrected chi connectivity index (χ4v) is 4.73. The fourth-order valence-electron chi connectivity index (χ4n) is 3.53. The first-order chi connectivity index (χ1) is 14.1. The number of hydrogen-bond acceptors (Lipinski definition) is 4. The van der Waals surface area contributed by atoms with Crippen molar-refractivity contribution < 1.29 is 14.0 Å². The lowest BCUT2D eigenvalue weighted by Crippen LogP contribution is -2.29. The van der Waals surface area contributed by atoms with Crippen LogP contribution < -0.4 is 10.2 Å². The summed E-state index contributed by atoms with van der Waals surface area (Å²) in [4.78, 5) is 27.2. The lowest BCUT2D eigenvalue weighted by molar-refractivity contribution is -0.115. The first-order valence-corrected chi connectivity index (χ1v) is 10.6. The number of anilines is 2. The third kappa shape index (κ3) is 3.80. The van der Waals surface area contributed by atoms with Crippen molar-refractivity contribution in [3.05, 3.63) is 83.8 Å². The van der Waals surface area contributed by atoms with Crippen LogP contribution in [0.1, 0.15) is 46.8 Å². The second-order valence-corrected chi connectivity index (χ2v) is 8.23. The van der Waals surface area contributed by atoms with Gasteiger partial charge in [-0.1, -0.05) is 50.2 Å². The van der Waals surface area contributed by atoms with Gasteiger partial charge in [0.2, 0.25) is 5.91 Å². The Balaban J connectivity index is 1.71. The summed E-state index contributed by atoms with van der Waals surface area (Å²) in [6.45, 7) is 4.25. The molecular weight excluding hydrogens is 384 g/mol. The molecule has 1 N–H and O–H groups in total. The number of thioether (sulfide) groups is 1. The molecule has 1 aromatic heterocycles. The molecule has 1 atom stereocenters. The van der Waals surface area contributed by atoms with Crippen molar-refractivity contribution in [1.82, 2.24) is 0 Å². The summed E-state index contributed by atoms with van der Waals surface area (Å²) in [6, 6.07) is 18.9. The van der Waals surface area contributed by atoms with Gasteiger partial charge in [0, 0.05) is 16.9 Å². The summed E-state index contributed by atoms with van der Waals surface area (Å²) in [5, 5.41) is 2.72. The van der Waals surface area contributed by atoms with Crippen molar-refractivity contribution >= 4 is 35.0 Å². The van der Waals surface area contributed by atoms with Gasteiger partial charge in [-0.15, -0.1) is 11.8 Å². The van der Waals surface area contributed by atoms with Crippen LogP contribution in [-0.2, 0) is 4.79 Å². The van der Waals surface area contributed by atoms with Crippen molar-refractivity contribution in [2.24, 2.45) is 0 Å². The van der Waals surface area contributed by atoms with Gasteiger partial charge in [0.25, 0.3) is 5.91 Å². The molecule has 4 rings (SSSR count). The van der Waals surface area contributed by atoms with E-state index in [4.69, 9.17) is 4.42 Å². The molecular formula is C23H22N2O3S. The van der Waals surface area contributed by atoms with E-state index < -0.39 is 0 Å². The van der Waals surface area contributed by atoms with Crippen LogP contribution in [0.3, 0.4) is 0 Å². The number of para-hydroxylation sites is 2. The topological polar surface area (TPSA) is 62.6 Å². The molecule has 29 heavy (non-hydrogen) atoms. The average molecular weight is 407 g/mol. The number of nitrogens with zero attached hydrogens (tertiary/aromatic N) is 1. The zero-order valence-electron chi connectivity index (χ0n) is 16.3. The Morgan fingerprint density at radius 2 is 1.86 bits per heavy atom.